The number of nitrogens with zero attached hydrogens (tertiary/aromatic N) is 1. The van der Waals surface area contributed by atoms with E-state index in [2.05, 4.69) is 22.7 Å². The van der Waals surface area contributed by atoms with Crippen LogP contribution in [-0.2, 0) is 0 Å². The largest absolute Gasteiger partial charge is 0.455 e. The first-order valence-corrected chi connectivity index (χ1v) is 5.50. The van der Waals surface area contributed by atoms with E-state index in [4.69, 9.17) is 10.2 Å². The highest BCUT2D eigenvalue weighted by molar-refractivity contribution is 7.80. The molecule has 0 atom stereocenters. The number of furan rings is 1. The van der Waals surface area contributed by atoms with E-state index in [9.17, 15) is 4.39 Å². The molecule has 0 aliphatic heterocycles. The van der Waals surface area contributed by atoms with Gasteiger partial charge in [-0.2, -0.15) is 5.10 Å². The quantitative estimate of drug-likeness (QED) is 0.506. The lowest BCUT2D eigenvalue weighted by atomic mass is 10.2. The van der Waals surface area contributed by atoms with Crippen LogP contribution in [0.2, 0.25) is 0 Å². The van der Waals surface area contributed by atoms with Crippen molar-refractivity contribution < 1.29 is 8.81 Å². The van der Waals surface area contributed by atoms with Crippen LogP contribution in [-0.4, -0.2) is 11.3 Å². The maximum atomic E-state index is 12.8. The van der Waals surface area contributed by atoms with Gasteiger partial charge in [-0.25, -0.2) is 4.39 Å². The Bertz CT molecular complexity index is 577. The number of benzene rings is 1. The van der Waals surface area contributed by atoms with Crippen molar-refractivity contribution in [3.63, 3.8) is 0 Å². The lowest BCUT2D eigenvalue weighted by molar-refractivity contribution is 0.574. The standard InChI is InChI=1S/C12H10FN3OS/c13-9-3-1-8(2-4-9)11-6-5-10(17-11)7-15-16-12(14)18/h1-7H,(H3,14,16,18)/b15-7-. The van der Waals surface area contributed by atoms with Crippen molar-refractivity contribution in [3.8, 4) is 11.3 Å². The summed E-state index contributed by atoms with van der Waals surface area (Å²) in [5.41, 5.74) is 8.42. The summed E-state index contributed by atoms with van der Waals surface area (Å²) in [6.07, 6.45) is 1.45. The van der Waals surface area contributed by atoms with Crippen molar-refractivity contribution in [3.05, 3.63) is 48.0 Å². The molecule has 0 amide bonds. The highest BCUT2D eigenvalue weighted by Gasteiger charge is 2.03. The molecule has 1 aromatic heterocycles. The third-order valence-electron chi connectivity index (χ3n) is 2.12. The maximum Gasteiger partial charge on any atom is 0.184 e. The summed E-state index contributed by atoms with van der Waals surface area (Å²) in [6.45, 7) is 0. The van der Waals surface area contributed by atoms with E-state index in [0.29, 0.717) is 11.5 Å². The molecule has 0 bridgehead atoms. The number of hydrazone groups is 1. The molecule has 92 valence electrons. The number of rotatable bonds is 3. The lowest BCUT2D eigenvalue weighted by Crippen LogP contribution is -2.23. The fraction of sp³-hybridized carbons (Fsp3) is 0. The van der Waals surface area contributed by atoms with Gasteiger partial charge in [0.1, 0.15) is 17.3 Å². The van der Waals surface area contributed by atoms with Crippen molar-refractivity contribution in [1.29, 1.82) is 0 Å². The molecule has 2 rings (SSSR count). The zero-order valence-corrected chi connectivity index (χ0v) is 10.1. The van der Waals surface area contributed by atoms with Crippen LogP contribution in [0.5, 0.6) is 0 Å². The van der Waals surface area contributed by atoms with Gasteiger partial charge < -0.3 is 10.2 Å². The first kappa shape index (κ1) is 12.3. The first-order chi connectivity index (χ1) is 8.65. The number of hydrogen-bond acceptors (Lipinski definition) is 3. The average molecular weight is 263 g/mol. The van der Waals surface area contributed by atoms with Gasteiger partial charge >= 0.3 is 0 Å². The summed E-state index contributed by atoms with van der Waals surface area (Å²) in [6, 6.07) is 9.55. The van der Waals surface area contributed by atoms with Crippen LogP contribution < -0.4 is 11.2 Å². The lowest BCUT2D eigenvalue weighted by Gasteiger charge is -1.96. The molecule has 0 aliphatic carbocycles. The van der Waals surface area contributed by atoms with Gasteiger partial charge in [0.15, 0.2) is 5.11 Å². The van der Waals surface area contributed by atoms with E-state index in [1.54, 1.807) is 24.3 Å². The molecule has 0 spiro atoms. The number of nitrogens with one attached hydrogen (secondary N) is 1. The zero-order valence-electron chi connectivity index (χ0n) is 9.26. The molecular formula is C12H10FN3OS. The summed E-state index contributed by atoms with van der Waals surface area (Å²) in [5, 5.41) is 3.85. The van der Waals surface area contributed by atoms with Gasteiger partial charge in [-0.15, -0.1) is 0 Å². The van der Waals surface area contributed by atoms with Gasteiger partial charge in [-0.05, 0) is 48.6 Å². The Kier molecular flexibility index (Phi) is 3.69. The Balaban J connectivity index is 2.12. The second kappa shape index (κ2) is 5.42. The van der Waals surface area contributed by atoms with Gasteiger partial charge in [0.2, 0.25) is 0 Å². The van der Waals surface area contributed by atoms with Crippen LogP contribution >= 0.6 is 12.2 Å². The highest BCUT2D eigenvalue weighted by atomic mass is 32.1. The van der Waals surface area contributed by atoms with Crippen LogP contribution in [0.25, 0.3) is 11.3 Å². The van der Waals surface area contributed by atoms with E-state index < -0.39 is 0 Å². The van der Waals surface area contributed by atoms with E-state index in [1.165, 1.54) is 18.3 Å². The van der Waals surface area contributed by atoms with Crippen molar-refractivity contribution in [2.45, 2.75) is 0 Å². The molecule has 0 unspecified atom stereocenters. The molecule has 0 radical (unpaired) electrons. The number of halogens is 1. The van der Waals surface area contributed by atoms with Crippen molar-refractivity contribution >= 4 is 23.5 Å². The second-order valence-corrected chi connectivity index (χ2v) is 3.88. The SMILES string of the molecule is NC(=S)N/N=C\c1ccc(-c2ccc(F)cc2)o1. The van der Waals surface area contributed by atoms with Crippen molar-refractivity contribution in [2.24, 2.45) is 10.8 Å². The minimum absolute atomic E-state index is 0.0802. The van der Waals surface area contributed by atoms with Gasteiger partial charge in [-0.3, -0.25) is 5.43 Å². The van der Waals surface area contributed by atoms with Crippen molar-refractivity contribution in [1.82, 2.24) is 5.43 Å². The van der Waals surface area contributed by atoms with E-state index in [1.807, 2.05) is 0 Å². The van der Waals surface area contributed by atoms with Crippen molar-refractivity contribution in [2.75, 3.05) is 0 Å². The normalized spacial score (nSPS) is 10.7. The Hall–Kier alpha value is -2.21. The van der Waals surface area contributed by atoms with E-state index in [0.717, 1.165) is 5.56 Å². The fourth-order valence-electron chi connectivity index (χ4n) is 1.35. The van der Waals surface area contributed by atoms with E-state index in [-0.39, 0.29) is 10.9 Å². The van der Waals surface area contributed by atoms with Crippen LogP contribution in [0, 0.1) is 5.82 Å². The second-order valence-electron chi connectivity index (χ2n) is 3.44. The molecular weight excluding hydrogens is 253 g/mol. The summed E-state index contributed by atoms with van der Waals surface area (Å²) < 4.78 is 18.3. The summed E-state index contributed by atoms with van der Waals surface area (Å²) in [7, 11) is 0. The van der Waals surface area contributed by atoms with E-state index >= 15 is 0 Å². The smallest absolute Gasteiger partial charge is 0.184 e. The minimum atomic E-state index is -0.284. The molecule has 3 N–H and O–H groups in total. The van der Waals surface area contributed by atoms with Gasteiger partial charge in [0.25, 0.3) is 0 Å². The van der Waals surface area contributed by atoms with Gasteiger partial charge in [-0.1, -0.05) is 0 Å². The number of thiocarbonyl (C=S) groups is 1. The topological polar surface area (TPSA) is 63.5 Å². The maximum absolute atomic E-state index is 12.8. The Morgan fingerprint density at radius 2 is 2.00 bits per heavy atom. The molecule has 1 heterocycles. The summed E-state index contributed by atoms with van der Waals surface area (Å²) >= 11 is 4.59. The molecule has 6 heteroatoms. The molecule has 0 aliphatic rings. The summed E-state index contributed by atoms with van der Waals surface area (Å²) in [4.78, 5) is 0. The fourth-order valence-corrected chi connectivity index (χ4v) is 1.40. The van der Waals surface area contributed by atoms with Crippen LogP contribution in [0.3, 0.4) is 0 Å². The molecule has 18 heavy (non-hydrogen) atoms. The zero-order chi connectivity index (χ0) is 13.0. The van der Waals surface area contributed by atoms with Gasteiger partial charge in [0.05, 0.1) is 6.21 Å². The first-order valence-electron chi connectivity index (χ1n) is 5.09. The van der Waals surface area contributed by atoms with Crippen LogP contribution in [0.4, 0.5) is 4.39 Å². The predicted octanol–water partition coefficient (Wildman–Crippen LogP) is 2.25. The third-order valence-corrected chi connectivity index (χ3v) is 2.21. The Morgan fingerprint density at radius 1 is 1.28 bits per heavy atom. The highest BCUT2D eigenvalue weighted by Crippen LogP contribution is 2.21. The Labute approximate surface area is 108 Å². The molecule has 0 saturated carbocycles. The number of hydrogen-bond donors (Lipinski definition) is 2. The number of nitrogens with two attached hydrogens (primary N) is 1. The average Bonchev–Trinajstić information content (AvgIpc) is 2.78. The third kappa shape index (κ3) is 3.14. The Morgan fingerprint density at radius 3 is 2.67 bits per heavy atom. The molecule has 0 fully saturated rings. The van der Waals surface area contributed by atoms with Crippen LogP contribution in [0.15, 0.2) is 45.9 Å². The minimum Gasteiger partial charge on any atom is -0.455 e. The summed E-state index contributed by atoms with van der Waals surface area (Å²) in [5.74, 6) is 0.887. The molecule has 2 aromatic rings. The predicted molar refractivity (Wildman–Crippen MR) is 71.6 cm³/mol. The van der Waals surface area contributed by atoms with Crippen LogP contribution in [0.1, 0.15) is 5.76 Å². The van der Waals surface area contributed by atoms with Gasteiger partial charge in [0, 0.05) is 5.56 Å². The molecule has 0 saturated heterocycles. The molecule has 1 aromatic carbocycles. The monoisotopic (exact) mass is 263 g/mol. The molecule has 4 nitrogen and oxygen atoms in total.